The van der Waals surface area contributed by atoms with Crippen LogP contribution in [0.2, 0.25) is 10.0 Å². The molecule has 1 heterocycles. The van der Waals surface area contributed by atoms with Gasteiger partial charge in [-0.3, -0.25) is 9.59 Å². The average Bonchev–Trinajstić information content (AvgIpc) is 3.27. The van der Waals surface area contributed by atoms with Crippen LogP contribution in [0.1, 0.15) is 51.2 Å². The second-order valence-corrected chi connectivity index (χ2v) is 8.97. The molecule has 1 aliphatic rings. The van der Waals surface area contributed by atoms with Crippen LogP contribution in [0.15, 0.2) is 36.4 Å². The third-order valence-electron chi connectivity index (χ3n) is 5.84. The third-order valence-corrected chi connectivity index (χ3v) is 6.55. The Morgan fingerprint density at radius 3 is 2.42 bits per heavy atom. The van der Waals surface area contributed by atoms with Gasteiger partial charge < -0.3 is 19.7 Å². The summed E-state index contributed by atoms with van der Waals surface area (Å²) in [5.74, 6) is 1.06. The minimum Gasteiger partial charge on any atom is -0.454 e. The maximum atomic E-state index is 13.4. The van der Waals surface area contributed by atoms with Crippen LogP contribution in [-0.4, -0.2) is 35.6 Å². The Hall–Kier alpha value is -2.44. The number of rotatable bonds is 10. The lowest BCUT2D eigenvalue weighted by molar-refractivity contribution is -0.141. The van der Waals surface area contributed by atoms with Gasteiger partial charge in [-0.15, -0.1) is 0 Å². The summed E-state index contributed by atoms with van der Waals surface area (Å²) in [5, 5.41) is 3.94. The van der Waals surface area contributed by atoms with Crippen LogP contribution in [-0.2, 0) is 22.6 Å². The first-order valence-corrected chi connectivity index (χ1v) is 12.0. The lowest BCUT2D eigenvalue weighted by Crippen LogP contribution is -2.50. The van der Waals surface area contributed by atoms with E-state index in [0.29, 0.717) is 39.9 Å². The molecule has 0 bridgehead atoms. The van der Waals surface area contributed by atoms with Gasteiger partial charge in [-0.1, -0.05) is 49.2 Å². The quantitative estimate of drug-likeness (QED) is 0.483. The molecule has 3 rings (SSSR count). The van der Waals surface area contributed by atoms with Crippen molar-refractivity contribution in [3.8, 4) is 11.5 Å². The maximum Gasteiger partial charge on any atom is 0.243 e. The van der Waals surface area contributed by atoms with Gasteiger partial charge in [-0.2, -0.15) is 0 Å². The predicted molar refractivity (Wildman–Crippen MR) is 130 cm³/mol. The van der Waals surface area contributed by atoms with Crippen molar-refractivity contribution in [2.45, 2.75) is 65.1 Å². The van der Waals surface area contributed by atoms with Gasteiger partial charge in [0.2, 0.25) is 18.6 Å². The standard InChI is InChI=1S/C25H30Cl2N2O4/c1-4-16(3)28-25(31)21(5-2)29(14-18-19(26)7-6-8-20(18)27)24(30)12-10-17-9-11-22-23(13-17)33-15-32-22/h6-9,11,13,16,21H,4-5,10,12,14-15H2,1-3H3,(H,28,31)/t16-,21-/m0/s1. The van der Waals surface area contributed by atoms with Gasteiger partial charge in [0.25, 0.3) is 0 Å². The summed E-state index contributed by atoms with van der Waals surface area (Å²) in [6.07, 6.45) is 2.01. The van der Waals surface area contributed by atoms with E-state index in [4.69, 9.17) is 32.7 Å². The van der Waals surface area contributed by atoms with Gasteiger partial charge in [-0.05, 0) is 56.0 Å². The fourth-order valence-corrected chi connectivity index (χ4v) is 4.22. The van der Waals surface area contributed by atoms with E-state index in [1.54, 1.807) is 23.1 Å². The SMILES string of the molecule is CC[C@H](C)NC(=O)[C@H](CC)N(Cc1c(Cl)cccc1Cl)C(=O)CCc1ccc2c(c1)OCO2. The number of hydrogen-bond donors (Lipinski definition) is 1. The summed E-state index contributed by atoms with van der Waals surface area (Å²) in [6.45, 7) is 6.21. The molecule has 2 aromatic rings. The van der Waals surface area contributed by atoms with Crippen molar-refractivity contribution in [1.82, 2.24) is 10.2 Å². The van der Waals surface area contributed by atoms with Crippen LogP contribution in [0.4, 0.5) is 0 Å². The molecule has 0 saturated heterocycles. The van der Waals surface area contributed by atoms with Crippen molar-refractivity contribution < 1.29 is 19.1 Å². The molecule has 0 fully saturated rings. The Balaban J connectivity index is 1.81. The number of carbonyl (C=O) groups excluding carboxylic acids is 2. The monoisotopic (exact) mass is 492 g/mol. The molecular formula is C25H30Cl2N2O4. The van der Waals surface area contributed by atoms with Crippen molar-refractivity contribution in [2.24, 2.45) is 0 Å². The number of ether oxygens (including phenoxy) is 2. The Morgan fingerprint density at radius 1 is 1.06 bits per heavy atom. The molecule has 6 nitrogen and oxygen atoms in total. The fourth-order valence-electron chi connectivity index (χ4n) is 3.71. The number of halogens is 2. The summed E-state index contributed by atoms with van der Waals surface area (Å²) in [6, 6.07) is 10.3. The molecule has 8 heteroatoms. The molecule has 2 amide bonds. The topological polar surface area (TPSA) is 67.9 Å². The van der Waals surface area contributed by atoms with E-state index in [0.717, 1.165) is 12.0 Å². The number of hydrogen-bond acceptors (Lipinski definition) is 4. The van der Waals surface area contributed by atoms with Crippen molar-refractivity contribution in [3.63, 3.8) is 0 Å². The molecule has 178 valence electrons. The van der Waals surface area contributed by atoms with Crippen molar-refractivity contribution in [1.29, 1.82) is 0 Å². The average molecular weight is 493 g/mol. The molecule has 1 N–H and O–H groups in total. The summed E-state index contributed by atoms with van der Waals surface area (Å²) in [7, 11) is 0. The molecule has 0 aromatic heterocycles. The number of nitrogens with zero attached hydrogens (tertiary/aromatic N) is 1. The minimum absolute atomic E-state index is 0.0148. The fraction of sp³-hybridized carbons (Fsp3) is 0.440. The zero-order valence-electron chi connectivity index (χ0n) is 19.2. The first-order valence-electron chi connectivity index (χ1n) is 11.2. The van der Waals surface area contributed by atoms with E-state index in [9.17, 15) is 9.59 Å². The van der Waals surface area contributed by atoms with Crippen LogP contribution in [0, 0.1) is 0 Å². The number of nitrogens with one attached hydrogen (secondary N) is 1. The summed E-state index contributed by atoms with van der Waals surface area (Å²) >= 11 is 12.8. The van der Waals surface area contributed by atoms with E-state index in [1.165, 1.54) is 0 Å². The molecule has 0 aliphatic carbocycles. The summed E-state index contributed by atoms with van der Waals surface area (Å²) in [4.78, 5) is 28.1. The Bertz CT molecular complexity index is 978. The smallest absolute Gasteiger partial charge is 0.243 e. The van der Waals surface area contributed by atoms with Crippen molar-refractivity contribution in [3.05, 3.63) is 57.6 Å². The van der Waals surface area contributed by atoms with E-state index >= 15 is 0 Å². The number of carbonyl (C=O) groups is 2. The van der Waals surface area contributed by atoms with Gasteiger partial charge in [-0.25, -0.2) is 0 Å². The van der Waals surface area contributed by atoms with Crippen LogP contribution in [0.25, 0.3) is 0 Å². The first kappa shape index (κ1) is 25.2. The van der Waals surface area contributed by atoms with E-state index in [1.807, 2.05) is 39.0 Å². The molecule has 0 saturated carbocycles. The first-order chi connectivity index (χ1) is 15.8. The lowest BCUT2D eigenvalue weighted by Gasteiger charge is -2.32. The molecule has 0 unspecified atom stereocenters. The van der Waals surface area contributed by atoms with Crippen molar-refractivity contribution >= 4 is 35.0 Å². The van der Waals surface area contributed by atoms with E-state index < -0.39 is 6.04 Å². The molecule has 33 heavy (non-hydrogen) atoms. The second-order valence-electron chi connectivity index (χ2n) is 8.15. The highest BCUT2D eigenvalue weighted by molar-refractivity contribution is 6.36. The third kappa shape index (κ3) is 6.33. The van der Waals surface area contributed by atoms with Crippen LogP contribution >= 0.6 is 23.2 Å². The number of amides is 2. The Labute approximate surface area is 205 Å². The van der Waals surface area contributed by atoms with E-state index in [2.05, 4.69) is 5.32 Å². The number of fused-ring (bicyclic) bond motifs is 1. The summed E-state index contributed by atoms with van der Waals surface area (Å²) in [5.41, 5.74) is 1.59. The largest absolute Gasteiger partial charge is 0.454 e. The Kier molecular flexibility index (Phi) is 8.87. The van der Waals surface area contributed by atoms with Crippen molar-refractivity contribution in [2.75, 3.05) is 6.79 Å². The van der Waals surface area contributed by atoms with Gasteiger partial charge in [0.1, 0.15) is 6.04 Å². The highest BCUT2D eigenvalue weighted by Gasteiger charge is 2.30. The van der Waals surface area contributed by atoms with Gasteiger partial charge >= 0.3 is 0 Å². The van der Waals surface area contributed by atoms with Gasteiger partial charge in [0, 0.05) is 34.6 Å². The highest BCUT2D eigenvalue weighted by atomic mass is 35.5. The van der Waals surface area contributed by atoms with Gasteiger partial charge in [0.15, 0.2) is 11.5 Å². The number of aryl methyl sites for hydroxylation is 1. The van der Waals surface area contributed by atoms with Gasteiger partial charge in [0.05, 0.1) is 0 Å². The molecular weight excluding hydrogens is 463 g/mol. The van der Waals surface area contributed by atoms with Crippen LogP contribution in [0.5, 0.6) is 11.5 Å². The molecule has 2 atom stereocenters. The van der Waals surface area contributed by atoms with E-state index in [-0.39, 0.29) is 37.6 Å². The second kappa shape index (κ2) is 11.6. The zero-order valence-corrected chi connectivity index (χ0v) is 20.7. The lowest BCUT2D eigenvalue weighted by atomic mass is 10.1. The number of benzene rings is 2. The minimum atomic E-state index is -0.629. The maximum absolute atomic E-state index is 13.4. The zero-order chi connectivity index (χ0) is 24.0. The normalized spacial score (nSPS) is 14.0. The predicted octanol–water partition coefficient (Wildman–Crippen LogP) is 5.38. The molecule has 2 aromatic carbocycles. The Morgan fingerprint density at radius 2 is 1.76 bits per heavy atom. The molecule has 0 spiro atoms. The molecule has 1 aliphatic heterocycles. The van der Waals surface area contributed by atoms with Crippen LogP contribution < -0.4 is 14.8 Å². The summed E-state index contributed by atoms with van der Waals surface area (Å²) < 4.78 is 10.8. The molecule has 0 radical (unpaired) electrons. The highest BCUT2D eigenvalue weighted by Crippen LogP contribution is 2.33. The van der Waals surface area contributed by atoms with Crippen LogP contribution in [0.3, 0.4) is 0 Å².